The molecule has 0 spiro atoms. The summed E-state index contributed by atoms with van der Waals surface area (Å²) in [4.78, 5) is 0. The molecule has 2 bridgehead atoms. The minimum absolute atomic E-state index is 0.0578. The van der Waals surface area contributed by atoms with Crippen LogP contribution in [0.5, 0.6) is 0 Å². The van der Waals surface area contributed by atoms with E-state index in [4.69, 9.17) is 4.74 Å². The van der Waals surface area contributed by atoms with E-state index in [0.717, 1.165) is 6.42 Å². The number of rotatable bonds is 2. The van der Waals surface area contributed by atoms with Gasteiger partial charge < -0.3 is 4.74 Å². The lowest BCUT2D eigenvalue weighted by Crippen LogP contribution is -2.46. The molecule has 19 heavy (non-hydrogen) atoms. The van der Waals surface area contributed by atoms with Crippen LogP contribution in [0.25, 0.3) is 5.57 Å². The van der Waals surface area contributed by atoms with Crippen molar-refractivity contribution in [2.75, 3.05) is 7.11 Å². The van der Waals surface area contributed by atoms with Gasteiger partial charge in [-0.05, 0) is 31.4 Å². The van der Waals surface area contributed by atoms with Crippen molar-refractivity contribution in [3.63, 3.8) is 0 Å². The summed E-state index contributed by atoms with van der Waals surface area (Å²) in [5.41, 5.74) is 4.15. The second-order valence-corrected chi connectivity index (χ2v) is 6.44. The topological polar surface area (TPSA) is 9.23 Å². The van der Waals surface area contributed by atoms with Gasteiger partial charge in [0.2, 0.25) is 0 Å². The summed E-state index contributed by atoms with van der Waals surface area (Å²) < 4.78 is 5.79. The van der Waals surface area contributed by atoms with E-state index < -0.39 is 0 Å². The molecule has 1 aromatic rings. The number of methoxy groups -OCH3 is 1. The summed E-state index contributed by atoms with van der Waals surface area (Å²) in [6.45, 7) is 6.68. The Hall–Kier alpha value is -1.34. The van der Waals surface area contributed by atoms with Crippen molar-refractivity contribution in [1.29, 1.82) is 0 Å². The summed E-state index contributed by atoms with van der Waals surface area (Å²) in [5.74, 6) is 0.385. The van der Waals surface area contributed by atoms with Crippen LogP contribution in [0.4, 0.5) is 0 Å². The van der Waals surface area contributed by atoms with E-state index in [-0.39, 0.29) is 11.0 Å². The van der Waals surface area contributed by atoms with Crippen molar-refractivity contribution in [3.8, 4) is 0 Å². The summed E-state index contributed by atoms with van der Waals surface area (Å²) in [7, 11) is 1.83. The molecule has 0 fully saturated rings. The lowest BCUT2D eigenvalue weighted by molar-refractivity contribution is -0.0461. The highest BCUT2D eigenvalue weighted by molar-refractivity contribution is 5.75. The average molecular weight is 254 g/mol. The summed E-state index contributed by atoms with van der Waals surface area (Å²) in [6, 6.07) is 8.87. The molecule has 0 amide bonds. The quantitative estimate of drug-likeness (QED) is 0.712. The monoisotopic (exact) mass is 254 g/mol. The molecular weight excluding hydrogens is 232 g/mol. The normalized spacial score (nSPS) is 36.4. The molecule has 3 atom stereocenters. The Morgan fingerprint density at radius 1 is 1.16 bits per heavy atom. The Labute approximate surface area is 116 Å². The molecule has 1 nitrogen and oxygen atoms in total. The van der Waals surface area contributed by atoms with Crippen molar-refractivity contribution in [3.05, 3.63) is 53.6 Å². The molecule has 0 saturated carbocycles. The number of fused-ring (bicyclic) bond motifs is 1. The van der Waals surface area contributed by atoms with Crippen LogP contribution >= 0.6 is 0 Å². The summed E-state index contributed by atoms with van der Waals surface area (Å²) in [5, 5.41) is 0. The van der Waals surface area contributed by atoms with Gasteiger partial charge >= 0.3 is 0 Å². The van der Waals surface area contributed by atoms with Crippen LogP contribution in [0.3, 0.4) is 0 Å². The van der Waals surface area contributed by atoms with Crippen LogP contribution in [0, 0.1) is 18.3 Å². The average Bonchev–Trinajstić information content (AvgIpc) is 2.39. The fourth-order valence-corrected chi connectivity index (χ4v) is 3.58. The standard InChI is InChI=1S/C18H22O/c1-13-5-7-14(8-6-13)16-11-15-9-10-17(16,2)12-18(15,3)19-4/h5-11,15H,12H2,1-4H3/t15-,17-,18?/m1/s1. The summed E-state index contributed by atoms with van der Waals surface area (Å²) >= 11 is 0. The maximum absolute atomic E-state index is 5.79. The Kier molecular flexibility index (Phi) is 2.72. The minimum Gasteiger partial charge on any atom is -0.378 e. The maximum atomic E-state index is 5.79. The molecule has 3 aliphatic carbocycles. The number of allylic oxidation sites excluding steroid dienone is 2. The van der Waals surface area contributed by atoms with Gasteiger partial charge in [0, 0.05) is 18.4 Å². The first-order valence-corrected chi connectivity index (χ1v) is 7.01. The van der Waals surface area contributed by atoms with Gasteiger partial charge in [0.15, 0.2) is 0 Å². The molecule has 0 radical (unpaired) electrons. The third kappa shape index (κ3) is 1.88. The van der Waals surface area contributed by atoms with Gasteiger partial charge in [0.05, 0.1) is 5.60 Å². The maximum Gasteiger partial charge on any atom is 0.0759 e. The van der Waals surface area contributed by atoms with Gasteiger partial charge in [-0.3, -0.25) is 0 Å². The zero-order valence-electron chi connectivity index (χ0n) is 12.2. The van der Waals surface area contributed by atoms with E-state index in [0.29, 0.717) is 5.92 Å². The van der Waals surface area contributed by atoms with E-state index in [9.17, 15) is 0 Å². The van der Waals surface area contributed by atoms with E-state index in [1.165, 1.54) is 16.7 Å². The second-order valence-electron chi connectivity index (χ2n) is 6.44. The molecule has 0 aromatic heterocycles. The first kappa shape index (κ1) is 12.7. The zero-order valence-corrected chi connectivity index (χ0v) is 12.2. The highest BCUT2D eigenvalue weighted by Crippen LogP contribution is 2.54. The van der Waals surface area contributed by atoms with Crippen molar-refractivity contribution in [2.24, 2.45) is 11.3 Å². The Balaban J connectivity index is 2.06. The number of hydrogen-bond acceptors (Lipinski definition) is 1. The van der Waals surface area contributed by atoms with Gasteiger partial charge in [0.1, 0.15) is 0 Å². The van der Waals surface area contributed by atoms with E-state index in [1.54, 1.807) is 0 Å². The molecule has 1 unspecified atom stereocenters. The van der Waals surface area contributed by atoms with E-state index in [2.05, 4.69) is 63.3 Å². The SMILES string of the molecule is COC1(C)C[C@@]2(C)C=C[C@@H]1C=C2c1ccc(C)cc1. The number of ether oxygens (including phenoxy) is 1. The van der Waals surface area contributed by atoms with Gasteiger partial charge in [-0.1, -0.05) is 55.0 Å². The van der Waals surface area contributed by atoms with Crippen molar-refractivity contribution in [1.82, 2.24) is 0 Å². The molecule has 3 aliphatic rings. The van der Waals surface area contributed by atoms with E-state index >= 15 is 0 Å². The fourth-order valence-electron chi connectivity index (χ4n) is 3.58. The molecular formula is C18H22O. The molecule has 0 N–H and O–H groups in total. The zero-order chi connectivity index (χ0) is 13.7. The lowest BCUT2D eigenvalue weighted by atomic mass is 9.59. The third-order valence-corrected chi connectivity index (χ3v) is 4.89. The first-order valence-electron chi connectivity index (χ1n) is 7.01. The third-order valence-electron chi connectivity index (χ3n) is 4.89. The number of aryl methyl sites for hydroxylation is 1. The van der Waals surface area contributed by atoms with Crippen LogP contribution in [0.2, 0.25) is 0 Å². The molecule has 1 aromatic carbocycles. The van der Waals surface area contributed by atoms with Crippen LogP contribution in [-0.2, 0) is 4.74 Å². The van der Waals surface area contributed by atoms with Gasteiger partial charge in [-0.15, -0.1) is 0 Å². The Bertz CT molecular complexity index is 552. The smallest absolute Gasteiger partial charge is 0.0759 e. The Morgan fingerprint density at radius 3 is 2.42 bits per heavy atom. The molecule has 0 aliphatic heterocycles. The van der Waals surface area contributed by atoms with Crippen molar-refractivity contribution < 1.29 is 4.74 Å². The molecule has 0 saturated heterocycles. The number of hydrogen-bond donors (Lipinski definition) is 0. The molecule has 0 heterocycles. The Morgan fingerprint density at radius 2 is 1.84 bits per heavy atom. The lowest BCUT2D eigenvalue weighted by Gasteiger charge is -2.50. The van der Waals surface area contributed by atoms with Gasteiger partial charge in [-0.2, -0.15) is 0 Å². The molecule has 100 valence electrons. The molecule has 4 rings (SSSR count). The van der Waals surface area contributed by atoms with Crippen LogP contribution in [-0.4, -0.2) is 12.7 Å². The first-order chi connectivity index (χ1) is 8.97. The fraction of sp³-hybridized carbons (Fsp3) is 0.444. The number of benzene rings is 1. The van der Waals surface area contributed by atoms with Crippen LogP contribution < -0.4 is 0 Å². The van der Waals surface area contributed by atoms with Crippen LogP contribution in [0.1, 0.15) is 31.4 Å². The van der Waals surface area contributed by atoms with Crippen molar-refractivity contribution >= 4 is 5.57 Å². The van der Waals surface area contributed by atoms with Crippen LogP contribution in [0.15, 0.2) is 42.5 Å². The highest BCUT2D eigenvalue weighted by Gasteiger charge is 2.48. The highest BCUT2D eigenvalue weighted by atomic mass is 16.5. The second kappa shape index (κ2) is 4.08. The van der Waals surface area contributed by atoms with Gasteiger partial charge in [-0.25, -0.2) is 0 Å². The predicted molar refractivity (Wildman–Crippen MR) is 79.9 cm³/mol. The van der Waals surface area contributed by atoms with Crippen molar-refractivity contribution in [2.45, 2.75) is 32.8 Å². The minimum atomic E-state index is -0.0578. The van der Waals surface area contributed by atoms with E-state index in [1.807, 2.05) is 7.11 Å². The largest absolute Gasteiger partial charge is 0.378 e. The molecule has 1 heteroatoms. The van der Waals surface area contributed by atoms with Gasteiger partial charge in [0.25, 0.3) is 0 Å². The predicted octanol–water partition coefficient (Wildman–Crippen LogP) is 4.38. The summed E-state index contributed by atoms with van der Waals surface area (Å²) in [6.07, 6.45) is 8.13.